The Kier molecular flexibility index (Phi) is 9.51. The Morgan fingerprint density at radius 2 is 1.19 bits per heavy atom. The van der Waals surface area contributed by atoms with E-state index in [1.807, 2.05) is 0 Å². The minimum Gasteiger partial charge on any atom is -0.508 e. The predicted octanol–water partition coefficient (Wildman–Crippen LogP) is 5.40. The Morgan fingerprint density at radius 3 is 1.71 bits per heavy atom. The zero-order valence-corrected chi connectivity index (χ0v) is 13.3. The maximum absolute atomic E-state index is 9.33. The molecule has 120 valence electrons. The first-order chi connectivity index (χ1) is 10.2. The molecule has 0 atom stereocenters. The molecule has 3 heteroatoms. The quantitative estimate of drug-likeness (QED) is 0.508. The molecule has 0 amide bonds. The van der Waals surface area contributed by atoms with Gasteiger partial charge in [0.25, 0.3) is 0 Å². The first-order valence-corrected chi connectivity index (χ1v) is 8.38. The lowest BCUT2D eigenvalue weighted by Crippen LogP contribution is -1.97. The van der Waals surface area contributed by atoms with E-state index in [0.717, 1.165) is 6.42 Å². The van der Waals surface area contributed by atoms with Gasteiger partial charge in [0.15, 0.2) is 0 Å². The minimum atomic E-state index is 0.0353. The SMILES string of the molecule is CCCCCCCCCCCCOc1cc(O)cc(O)c1. The van der Waals surface area contributed by atoms with Crippen molar-refractivity contribution in [1.82, 2.24) is 0 Å². The molecular weight excluding hydrogens is 264 g/mol. The standard InChI is InChI=1S/C18H30O3/c1-2-3-4-5-6-7-8-9-10-11-12-21-18-14-16(19)13-17(20)15-18/h13-15,19-20H,2-12H2,1H3. The molecule has 1 aromatic rings. The lowest BCUT2D eigenvalue weighted by Gasteiger charge is -2.07. The summed E-state index contributed by atoms with van der Waals surface area (Å²) in [5.41, 5.74) is 0. The summed E-state index contributed by atoms with van der Waals surface area (Å²) in [4.78, 5) is 0. The van der Waals surface area contributed by atoms with E-state index in [1.165, 1.54) is 76.0 Å². The van der Waals surface area contributed by atoms with Crippen molar-refractivity contribution in [1.29, 1.82) is 0 Å². The third-order valence-electron chi connectivity index (χ3n) is 3.64. The lowest BCUT2D eigenvalue weighted by atomic mass is 10.1. The second-order valence-electron chi connectivity index (χ2n) is 5.72. The van der Waals surface area contributed by atoms with E-state index >= 15 is 0 Å². The molecule has 0 fully saturated rings. The summed E-state index contributed by atoms with van der Waals surface area (Å²) < 4.78 is 5.52. The van der Waals surface area contributed by atoms with Gasteiger partial charge in [-0.3, -0.25) is 0 Å². The van der Waals surface area contributed by atoms with Crippen molar-refractivity contribution in [3.63, 3.8) is 0 Å². The fourth-order valence-corrected chi connectivity index (χ4v) is 2.43. The third kappa shape index (κ3) is 9.22. The van der Waals surface area contributed by atoms with Crippen LogP contribution in [-0.2, 0) is 0 Å². The van der Waals surface area contributed by atoms with Gasteiger partial charge in [-0.25, -0.2) is 0 Å². The van der Waals surface area contributed by atoms with Crippen molar-refractivity contribution >= 4 is 0 Å². The van der Waals surface area contributed by atoms with Crippen LogP contribution >= 0.6 is 0 Å². The van der Waals surface area contributed by atoms with E-state index in [9.17, 15) is 10.2 Å². The zero-order chi connectivity index (χ0) is 15.3. The summed E-state index contributed by atoms with van der Waals surface area (Å²) in [6, 6.07) is 4.35. The third-order valence-corrected chi connectivity index (χ3v) is 3.64. The number of benzene rings is 1. The molecule has 0 saturated heterocycles. The number of rotatable bonds is 12. The second kappa shape index (κ2) is 11.3. The number of phenolic OH excluding ortho intramolecular Hbond substituents is 2. The summed E-state index contributed by atoms with van der Waals surface area (Å²) in [5, 5.41) is 18.7. The topological polar surface area (TPSA) is 49.7 Å². The monoisotopic (exact) mass is 294 g/mol. The van der Waals surface area contributed by atoms with Crippen molar-refractivity contribution in [2.75, 3.05) is 6.61 Å². The van der Waals surface area contributed by atoms with Crippen LogP contribution in [0, 0.1) is 0 Å². The first kappa shape index (κ1) is 17.7. The van der Waals surface area contributed by atoms with Crippen molar-refractivity contribution < 1.29 is 14.9 Å². The Bertz CT molecular complexity index is 356. The van der Waals surface area contributed by atoms with Gasteiger partial charge in [-0.1, -0.05) is 64.7 Å². The smallest absolute Gasteiger partial charge is 0.126 e. The van der Waals surface area contributed by atoms with Crippen LogP contribution in [0.3, 0.4) is 0 Å². The van der Waals surface area contributed by atoms with Gasteiger partial charge in [0.2, 0.25) is 0 Å². The van der Waals surface area contributed by atoms with Gasteiger partial charge in [0.05, 0.1) is 6.61 Å². The average molecular weight is 294 g/mol. The molecule has 0 spiro atoms. The van der Waals surface area contributed by atoms with Crippen molar-refractivity contribution in [2.24, 2.45) is 0 Å². The molecule has 21 heavy (non-hydrogen) atoms. The van der Waals surface area contributed by atoms with E-state index < -0.39 is 0 Å². The number of hydrogen-bond donors (Lipinski definition) is 2. The van der Waals surface area contributed by atoms with Crippen LogP contribution in [0.1, 0.15) is 71.1 Å². The number of unbranched alkanes of at least 4 members (excludes halogenated alkanes) is 9. The molecule has 1 rings (SSSR count). The summed E-state index contributed by atoms with van der Waals surface area (Å²) in [5.74, 6) is 0.601. The van der Waals surface area contributed by atoms with Crippen LogP contribution in [0.2, 0.25) is 0 Å². The van der Waals surface area contributed by atoms with Crippen LogP contribution in [0.25, 0.3) is 0 Å². The molecule has 0 bridgehead atoms. The number of aromatic hydroxyl groups is 2. The molecule has 0 saturated carbocycles. The summed E-state index contributed by atoms with van der Waals surface area (Å²) in [6.07, 6.45) is 13.0. The van der Waals surface area contributed by atoms with Gasteiger partial charge in [0, 0.05) is 18.2 Å². The molecule has 0 aliphatic heterocycles. The molecule has 0 unspecified atom stereocenters. The van der Waals surface area contributed by atoms with Gasteiger partial charge in [-0.05, 0) is 6.42 Å². The number of hydrogen-bond acceptors (Lipinski definition) is 3. The van der Waals surface area contributed by atoms with Crippen LogP contribution in [-0.4, -0.2) is 16.8 Å². The highest BCUT2D eigenvalue weighted by Crippen LogP contribution is 2.25. The Hall–Kier alpha value is -1.38. The van der Waals surface area contributed by atoms with Gasteiger partial charge in [-0.2, -0.15) is 0 Å². The highest BCUT2D eigenvalue weighted by Gasteiger charge is 2.00. The maximum atomic E-state index is 9.33. The van der Waals surface area contributed by atoms with E-state index in [4.69, 9.17) is 4.74 Å². The molecule has 0 radical (unpaired) electrons. The number of ether oxygens (including phenoxy) is 1. The molecular formula is C18H30O3. The molecule has 0 aromatic heterocycles. The van der Waals surface area contributed by atoms with E-state index in [0.29, 0.717) is 12.4 Å². The van der Waals surface area contributed by atoms with Gasteiger partial charge in [-0.15, -0.1) is 0 Å². The van der Waals surface area contributed by atoms with Gasteiger partial charge < -0.3 is 14.9 Å². The zero-order valence-electron chi connectivity index (χ0n) is 13.3. The van der Waals surface area contributed by atoms with Crippen LogP contribution in [0.4, 0.5) is 0 Å². The summed E-state index contributed by atoms with van der Waals surface area (Å²) in [7, 11) is 0. The Labute approximate surface area is 129 Å². The highest BCUT2D eigenvalue weighted by atomic mass is 16.5. The van der Waals surface area contributed by atoms with Crippen LogP contribution in [0.5, 0.6) is 17.2 Å². The fraction of sp³-hybridized carbons (Fsp3) is 0.667. The largest absolute Gasteiger partial charge is 0.508 e. The Morgan fingerprint density at radius 1 is 0.714 bits per heavy atom. The van der Waals surface area contributed by atoms with Crippen molar-refractivity contribution in [3.05, 3.63) is 18.2 Å². The molecule has 0 aliphatic rings. The minimum absolute atomic E-state index is 0.0353. The average Bonchev–Trinajstić information content (AvgIpc) is 2.44. The molecule has 0 aliphatic carbocycles. The van der Waals surface area contributed by atoms with Crippen molar-refractivity contribution in [2.45, 2.75) is 71.1 Å². The molecule has 3 nitrogen and oxygen atoms in total. The summed E-state index contributed by atoms with van der Waals surface area (Å²) in [6.45, 7) is 2.89. The Balaban J connectivity index is 1.93. The lowest BCUT2D eigenvalue weighted by molar-refractivity contribution is 0.300. The van der Waals surface area contributed by atoms with E-state index in [1.54, 1.807) is 0 Å². The first-order valence-electron chi connectivity index (χ1n) is 8.38. The molecule has 1 aromatic carbocycles. The second-order valence-corrected chi connectivity index (χ2v) is 5.72. The van der Waals surface area contributed by atoms with E-state index in [-0.39, 0.29) is 11.5 Å². The predicted molar refractivity (Wildman–Crippen MR) is 87.1 cm³/mol. The van der Waals surface area contributed by atoms with E-state index in [2.05, 4.69) is 6.92 Å². The van der Waals surface area contributed by atoms with Crippen molar-refractivity contribution in [3.8, 4) is 17.2 Å². The van der Waals surface area contributed by atoms with Gasteiger partial charge >= 0.3 is 0 Å². The normalized spacial score (nSPS) is 10.7. The van der Waals surface area contributed by atoms with Gasteiger partial charge in [0.1, 0.15) is 17.2 Å². The number of phenols is 2. The molecule has 0 heterocycles. The summed E-state index contributed by atoms with van der Waals surface area (Å²) >= 11 is 0. The van der Waals surface area contributed by atoms with Crippen LogP contribution < -0.4 is 4.74 Å². The van der Waals surface area contributed by atoms with Crippen LogP contribution in [0.15, 0.2) is 18.2 Å². The fourth-order valence-electron chi connectivity index (χ4n) is 2.43. The maximum Gasteiger partial charge on any atom is 0.126 e. The highest BCUT2D eigenvalue weighted by molar-refractivity contribution is 5.40. The molecule has 2 N–H and O–H groups in total.